The van der Waals surface area contributed by atoms with Crippen LogP contribution in [0.1, 0.15) is 25.5 Å². The van der Waals surface area contributed by atoms with Gasteiger partial charge in [-0.05, 0) is 37.6 Å². The van der Waals surface area contributed by atoms with Crippen molar-refractivity contribution >= 4 is 51.5 Å². The second-order valence-corrected chi connectivity index (χ2v) is 7.35. The summed E-state index contributed by atoms with van der Waals surface area (Å²) in [5.74, 6) is -0.948. The van der Waals surface area contributed by atoms with Crippen molar-refractivity contribution in [2.75, 3.05) is 16.8 Å². The van der Waals surface area contributed by atoms with Gasteiger partial charge in [-0.3, -0.25) is 19.3 Å². The lowest BCUT2D eigenvalue weighted by atomic mass is 10.3. The Hall–Kier alpha value is -2.45. The Bertz CT molecular complexity index is 853. The summed E-state index contributed by atoms with van der Waals surface area (Å²) in [4.78, 5) is 41.9. The summed E-state index contributed by atoms with van der Waals surface area (Å²) >= 11 is 7.12. The van der Waals surface area contributed by atoms with Gasteiger partial charge < -0.3 is 10.1 Å². The van der Waals surface area contributed by atoms with Crippen LogP contribution >= 0.6 is 22.9 Å². The fraction of sp³-hybridized carbons (Fsp3) is 0.333. The van der Waals surface area contributed by atoms with Crippen molar-refractivity contribution in [3.05, 3.63) is 40.4 Å². The molecule has 0 spiro atoms. The number of carbonyl (C=O) groups excluding carboxylic acids is 3. The molecule has 142 valence electrons. The molecule has 3 rings (SSSR count). The van der Waals surface area contributed by atoms with Crippen molar-refractivity contribution in [1.82, 2.24) is 4.98 Å². The molecular weight excluding hydrogens is 390 g/mol. The van der Waals surface area contributed by atoms with E-state index >= 15 is 0 Å². The number of nitrogens with zero attached hydrogens (tertiary/aromatic N) is 2. The molecule has 27 heavy (non-hydrogen) atoms. The summed E-state index contributed by atoms with van der Waals surface area (Å²) < 4.78 is 5.17. The van der Waals surface area contributed by atoms with E-state index in [1.807, 2.05) is 0 Å². The van der Waals surface area contributed by atoms with Gasteiger partial charge in [0.1, 0.15) is 0 Å². The number of hydrogen-bond donors (Lipinski definition) is 1. The molecule has 1 aliphatic rings. The summed E-state index contributed by atoms with van der Waals surface area (Å²) in [7, 11) is 0. The first kappa shape index (κ1) is 19.3. The number of ether oxygens (including phenoxy) is 1. The van der Waals surface area contributed by atoms with Crippen molar-refractivity contribution in [1.29, 1.82) is 0 Å². The van der Waals surface area contributed by atoms with Gasteiger partial charge in [0.25, 0.3) is 5.91 Å². The van der Waals surface area contributed by atoms with Crippen LogP contribution in [0, 0.1) is 0 Å². The Kier molecular flexibility index (Phi) is 6.08. The first-order chi connectivity index (χ1) is 12.9. The lowest BCUT2D eigenvalue weighted by Crippen LogP contribution is -2.30. The van der Waals surface area contributed by atoms with E-state index in [-0.39, 0.29) is 12.3 Å². The van der Waals surface area contributed by atoms with Crippen LogP contribution in [0.2, 0.25) is 5.02 Å². The zero-order chi connectivity index (χ0) is 19.4. The van der Waals surface area contributed by atoms with Crippen LogP contribution in [-0.4, -0.2) is 35.4 Å². The molecule has 2 aromatic rings. The highest BCUT2D eigenvalue weighted by atomic mass is 35.5. The maximum atomic E-state index is 12.1. The third kappa shape index (κ3) is 5.05. The van der Waals surface area contributed by atoms with Gasteiger partial charge in [-0.15, -0.1) is 11.3 Å². The molecule has 1 atom stereocenters. The smallest absolute Gasteiger partial charge is 0.312 e. The van der Waals surface area contributed by atoms with E-state index in [0.717, 1.165) is 6.42 Å². The van der Waals surface area contributed by atoms with E-state index in [2.05, 4.69) is 10.3 Å². The van der Waals surface area contributed by atoms with Gasteiger partial charge in [-0.25, -0.2) is 4.98 Å². The first-order valence-corrected chi connectivity index (χ1v) is 9.69. The largest absolute Gasteiger partial charge is 0.452 e. The minimum atomic E-state index is -0.952. The average Bonchev–Trinajstić information content (AvgIpc) is 3.25. The van der Waals surface area contributed by atoms with Crippen molar-refractivity contribution in [3.63, 3.8) is 0 Å². The Morgan fingerprint density at radius 3 is 2.78 bits per heavy atom. The van der Waals surface area contributed by atoms with Gasteiger partial charge in [0.2, 0.25) is 5.91 Å². The van der Waals surface area contributed by atoms with E-state index in [4.69, 9.17) is 16.3 Å². The molecule has 1 aromatic heterocycles. The van der Waals surface area contributed by atoms with Gasteiger partial charge in [0, 0.05) is 29.1 Å². The number of esters is 1. The predicted octanol–water partition coefficient (Wildman–Crippen LogP) is 3.04. The highest BCUT2D eigenvalue weighted by Crippen LogP contribution is 2.25. The molecule has 1 saturated heterocycles. The first-order valence-electron chi connectivity index (χ1n) is 8.43. The number of thiazole rings is 1. The number of rotatable bonds is 6. The highest BCUT2D eigenvalue weighted by Gasteiger charge is 2.25. The number of amides is 2. The molecular formula is C18H18ClN3O4S. The molecule has 2 heterocycles. The van der Waals surface area contributed by atoms with E-state index in [9.17, 15) is 14.4 Å². The fourth-order valence-electron chi connectivity index (χ4n) is 2.57. The monoisotopic (exact) mass is 407 g/mol. The quantitative estimate of drug-likeness (QED) is 0.743. The molecule has 0 saturated carbocycles. The second-order valence-electron chi connectivity index (χ2n) is 6.08. The summed E-state index contributed by atoms with van der Waals surface area (Å²) in [6, 6.07) is 6.62. The molecule has 0 radical (unpaired) electrons. The lowest BCUT2D eigenvalue weighted by Gasteiger charge is -2.13. The van der Waals surface area contributed by atoms with E-state index in [1.54, 1.807) is 34.5 Å². The zero-order valence-corrected chi connectivity index (χ0v) is 16.2. The normalized spacial score (nSPS) is 14.9. The fourth-order valence-corrected chi connectivity index (χ4v) is 3.56. The predicted molar refractivity (Wildman–Crippen MR) is 103 cm³/mol. The third-order valence-corrected chi connectivity index (χ3v) is 5.12. The van der Waals surface area contributed by atoms with Crippen LogP contribution < -0.4 is 10.2 Å². The van der Waals surface area contributed by atoms with Crippen molar-refractivity contribution in [3.8, 4) is 0 Å². The van der Waals surface area contributed by atoms with Gasteiger partial charge >= 0.3 is 5.97 Å². The molecule has 0 aliphatic carbocycles. The topological polar surface area (TPSA) is 88.6 Å². The third-order valence-electron chi connectivity index (χ3n) is 3.96. The number of halogens is 1. The van der Waals surface area contributed by atoms with Crippen LogP contribution in [0.5, 0.6) is 0 Å². The van der Waals surface area contributed by atoms with Crippen LogP contribution in [0.25, 0.3) is 0 Å². The Morgan fingerprint density at radius 1 is 1.37 bits per heavy atom. The standard InChI is InChI=1S/C18H18ClN3O4S/c1-11(17(25)20-13-6-4-12(19)5-7-13)26-16(24)9-14-10-27-18(21-14)22-8-2-3-15(22)23/h4-7,10-11H,2-3,8-9H2,1H3,(H,20,25)/t11-/m1/s1. The Balaban J connectivity index is 1.51. The minimum absolute atomic E-state index is 0.0472. The number of nitrogens with one attached hydrogen (secondary N) is 1. The van der Waals surface area contributed by atoms with Gasteiger partial charge in [-0.2, -0.15) is 0 Å². The second kappa shape index (κ2) is 8.49. The Morgan fingerprint density at radius 2 is 2.11 bits per heavy atom. The number of hydrogen-bond acceptors (Lipinski definition) is 6. The maximum Gasteiger partial charge on any atom is 0.312 e. The van der Waals surface area contributed by atoms with Gasteiger partial charge in [0.05, 0.1) is 12.1 Å². The van der Waals surface area contributed by atoms with Crippen molar-refractivity contribution < 1.29 is 19.1 Å². The summed E-state index contributed by atoms with van der Waals surface area (Å²) in [6.07, 6.45) is 0.330. The number of benzene rings is 1. The van der Waals surface area contributed by atoms with E-state index in [0.29, 0.717) is 34.5 Å². The molecule has 0 bridgehead atoms. The van der Waals surface area contributed by atoms with Crippen LogP contribution in [0.15, 0.2) is 29.6 Å². The SMILES string of the molecule is C[C@@H](OC(=O)Cc1csc(N2CCCC2=O)n1)C(=O)Nc1ccc(Cl)cc1. The number of aromatic nitrogens is 1. The van der Waals surface area contributed by atoms with Crippen molar-refractivity contribution in [2.24, 2.45) is 0 Å². The molecule has 1 fully saturated rings. The molecule has 0 unspecified atom stereocenters. The zero-order valence-electron chi connectivity index (χ0n) is 14.6. The summed E-state index contributed by atoms with van der Waals surface area (Å²) in [5.41, 5.74) is 1.08. The lowest BCUT2D eigenvalue weighted by molar-refractivity contribution is -0.152. The summed E-state index contributed by atoms with van der Waals surface area (Å²) in [5, 5.41) is 5.53. The number of anilines is 2. The van der Waals surface area contributed by atoms with Crippen LogP contribution in [0.3, 0.4) is 0 Å². The molecule has 1 aliphatic heterocycles. The molecule has 9 heteroatoms. The number of carbonyl (C=O) groups is 3. The van der Waals surface area contributed by atoms with Crippen LogP contribution in [0.4, 0.5) is 10.8 Å². The molecule has 1 aromatic carbocycles. The van der Waals surface area contributed by atoms with Crippen LogP contribution in [-0.2, 0) is 25.5 Å². The minimum Gasteiger partial charge on any atom is -0.452 e. The average molecular weight is 408 g/mol. The molecule has 1 N–H and O–H groups in total. The van der Waals surface area contributed by atoms with Gasteiger partial charge in [0.15, 0.2) is 11.2 Å². The van der Waals surface area contributed by atoms with E-state index < -0.39 is 18.0 Å². The Labute approximate surface area is 165 Å². The van der Waals surface area contributed by atoms with Gasteiger partial charge in [-0.1, -0.05) is 11.6 Å². The summed E-state index contributed by atoms with van der Waals surface area (Å²) in [6.45, 7) is 2.15. The maximum absolute atomic E-state index is 12.1. The van der Waals surface area contributed by atoms with E-state index in [1.165, 1.54) is 18.3 Å². The highest BCUT2D eigenvalue weighted by molar-refractivity contribution is 7.14. The van der Waals surface area contributed by atoms with Crippen molar-refractivity contribution in [2.45, 2.75) is 32.3 Å². The molecule has 2 amide bonds. The molecule has 7 nitrogen and oxygen atoms in total.